The third-order valence-electron chi connectivity index (χ3n) is 3.23. The van der Waals surface area contributed by atoms with E-state index in [2.05, 4.69) is 6.07 Å². The van der Waals surface area contributed by atoms with Gasteiger partial charge in [0, 0.05) is 17.7 Å². The average molecular weight is 278 g/mol. The lowest BCUT2D eigenvalue weighted by Crippen LogP contribution is -2.09. The van der Waals surface area contributed by atoms with Crippen LogP contribution in [-0.4, -0.2) is 6.61 Å². The zero-order valence-corrected chi connectivity index (χ0v) is 12.4. The van der Waals surface area contributed by atoms with Crippen LogP contribution in [0.3, 0.4) is 0 Å². The molecular formula is C16H23FN2O. The highest BCUT2D eigenvalue weighted by Gasteiger charge is 2.15. The molecule has 0 spiro atoms. The molecular weight excluding hydrogens is 255 g/mol. The lowest BCUT2D eigenvalue weighted by atomic mass is 9.89. The summed E-state index contributed by atoms with van der Waals surface area (Å²) in [6.07, 6.45) is 2.60. The molecule has 1 rings (SSSR count). The van der Waals surface area contributed by atoms with Crippen molar-refractivity contribution < 1.29 is 9.13 Å². The Balaban J connectivity index is 2.37. The maximum absolute atomic E-state index is 13.7. The van der Waals surface area contributed by atoms with Crippen molar-refractivity contribution in [2.45, 2.75) is 46.1 Å². The molecule has 1 aromatic carbocycles. The predicted octanol–water partition coefficient (Wildman–Crippen LogP) is 3.94. The number of unbranched alkanes of at least 4 members (excludes halogenated alkanes) is 1. The van der Waals surface area contributed by atoms with Crippen LogP contribution < -0.4 is 10.5 Å². The lowest BCUT2D eigenvalue weighted by Gasteiger charge is -2.14. The number of rotatable bonds is 7. The fourth-order valence-corrected chi connectivity index (χ4v) is 1.88. The number of benzene rings is 1. The van der Waals surface area contributed by atoms with E-state index in [0.717, 1.165) is 19.3 Å². The quantitative estimate of drug-likeness (QED) is 0.768. The Labute approximate surface area is 120 Å². The van der Waals surface area contributed by atoms with Crippen LogP contribution in [-0.2, 0) is 0 Å². The molecule has 3 nitrogen and oxygen atoms in total. The van der Waals surface area contributed by atoms with E-state index in [1.54, 1.807) is 19.1 Å². The summed E-state index contributed by atoms with van der Waals surface area (Å²) in [7, 11) is 0. The molecule has 0 radical (unpaired) electrons. The first-order chi connectivity index (χ1) is 9.35. The summed E-state index contributed by atoms with van der Waals surface area (Å²) in [5, 5.41) is 8.90. The largest absolute Gasteiger partial charge is 0.493 e. The molecule has 0 heterocycles. The molecule has 0 saturated carbocycles. The van der Waals surface area contributed by atoms with E-state index >= 15 is 0 Å². The highest BCUT2D eigenvalue weighted by Crippen LogP contribution is 2.23. The van der Waals surface area contributed by atoms with Crippen molar-refractivity contribution in [1.82, 2.24) is 0 Å². The van der Waals surface area contributed by atoms with E-state index in [1.807, 2.05) is 13.8 Å². The van der Waals surface area contributed by atoms with Gasteiger partial charge < -0.3 is 10.5 Å². The van der Waals surface area contributed by atoms with Crippen LogP contribution in [0.1, 0.15) is 51.6 Å². The lowest BCUT2D eigenvalue weighted by molar-refractivity contribution is 0.293. The Morgan fingerprint density at radius 2 is 2.10 bits per heavy atom. The van der Waals surface area contributed by atoms with Gasteiger partial charge >= 0.3 is 0 Å². The van der Waals surface area contributed by atoms with Gasteiger partial charge in [-0.25, -0.2) is 4.39 Å². The topological polar surface area (TPSA) is 59.0 Å². The summed E-state index contributed by atoms with van der Waals surface area (Å²) in [5.74, 6) is 0.189. The molecule has 2 N–H and O–H groups in total. The maximum Gasteiger partial charge on any atom is 0.131 e. The minimum atomic E-state index is -0.330. The van der Waals surface area contributed by atoms with E-state index in [-0.39, 0.29) is 17.3 Å². The van der Waals surface area contributed by atoms with Gasteiger partial charge in [0.1, 0.15) is 11.6 Å². The molecule has 1 atom stereocenters. The first kappa shape index (κ1) is 16.5. The van der Waals surface area contributed by atoms with Crippen LogP contribution in [0.15, 0.2) is 18.2 Å². The number of hydrogen-bond acceptors (Lipinski definition) is 3. The molecule has 0 amide bonds. The van der Waals surface area contributed by atoms with Crippen molar-refractivity contribution in [2.75, 3.05) is 6.61 Å². The van der Waals surface area contributed by atoms with Crippen LogP contribution in [0.5, 0.6) is 5.75 Å². The highest BCUT2D eigenvalue weighted by molar-refractivity contribution is 5.30. The Morgan fingerprint density at radius 1 is 1.40 bits per heavy atom. The summed E-state index contributed by atoms with van der Waals surface area (Å²) in [5.41, 5.74) is 5.86. The van der Waals surface area contributed by atoms with Crippen molar-refractivity contribution in [3.63, 3.8) is 0 Å². The van der Waals surface area contributed by atoms with Crippen molar-refractivity contribution in [1.29, 1.82) is 5.26 Å². The third-order valence-corrected chi connectivity index (χ3v) is 3.23. The summed E-state index contributed by atoms with van der Waals surface area (Å²) in [6.45, 7) is 6.13. The second kappa shape index (κ2) is 7.25. The van der Waals surface area contributed by atoms with Crippen molar-refractivity contribution in [2.24, 2.45) is 11.1 Å². The highest BCUT2D eigenvalue weighted by atomic mass is 19.1. The number of nitriles is 1. The Kier molecular flexibility index (Phi) is 5.97. The Hall–Kier alpha value is -1.60. The average Bonchev–Trinajstić information content (AvgIpc) is 2.38. The third kappa shape index (κ3) is 5.18. The minimum absolute atomic E-state index is 0.287. The standard InChI is InChI=1S/C16H23FN2O/c1-12(19)14-7-6-13(10-15(14)17)20-9-5-4-8-16(2,3)11-18/h6-7,10,12H,4-5,8-9,19H2,1-3H3/t12-/m0/s1. The minimum Gasteiger partial charge on any atom is -0.493 e. The van der Waals surface area contributed by atoms with E-state index in [4.69, 9.17) is 15.7 Å². The van der Waals surface area contributed by atoms with Gasteiger partial charge in [-0.2, -0.15) is 5.26 Å². The monoisotopic (exact) mass is 278 g/mol. The molecule has 110 valence electrons. The van der Waals surface area contributed by atoms with Gasteiger partial charge in [-0.15, -0.1) is 0 Å². The fourth-order valence-electron chi connectivity index (χ4n) is 1.88. The maximum atomic E-state index is 13.7. The van der Waals surface area contributed by atoms with Crippen LogP contribution in [0.2, 0.25) is 0 Å². The normalized spacial score (nSPS) is 12.8. The zero-order valence-electron chi connectivity index (χ0n) is 12.4. The van der Waals surface area contributed by atoms with Gasteiger partial charge in [0.05, 0.1) is 18.1 Å². The van der Waals surface area contributed by atoms with E-state index in [9.17, 15) is 4.39 Å². The van der Waals surface area contributed by atoms with Crippen LogP contribution in [0.4, 0.5) is 4.39 Å². The summed E-state index contributed by atoms with van der Waals surface area (Å²) in [4.78, 5) is 0. The second-order valence-corrected chi connectivity index (χ2v) is 5.77. The molecule has 0 saturated heterocycles. The van der Waals surface area contributed by atoms with Gasteiger partial charge in [0.2, 0.25) is 0 Å². The van der Waals surface area contributed by atoms with Crippen molar-refractivity contribution in [3.8, 4) is 11.8 Å². The second-order valence-electron chi connectivity index (χ2n) is 5.77. The van der Waals surface area contributed by atoms with E-state index in [1.165, 1.54) is 6.07 Å². The number of halogens is 1. The molecule has 0 aliphatic carbocycles. The number of ether oxygens (including phenoxy) is 1. The van der Waals surface area contributed by atoms with Crippen LogP contribution in [0.25, 0.3) is 0 Å². The Morgan fingerprint density at radius 3 is 2.65 bits per heavy atom. The molecule has 20 heavy (non-hydrogen) atoms. The molecule has 0 aliphatic rings. The summed E-state index contributed by atoms with van der Waals surface area (Å²) in [6, 6.07) is 6.72. The zero-order chi connectivity index (χ0) is 15.2. The van der Waals surface area contributed by atoms with E-state index in [0.29, 0.717) is 17.9 Å². The molecule has 4 heteroatoms. The predicted molar refractivity (Wildman–Crippen MR) is 77.7 cm³/mol. The SMILES string of the molecule is C[C@H](N)c1ccc(OCCCCC(C)(C)C#N)cc1F. The van der Waals surface area contributed by atoms with Gasteiger partial charge in [-0.3, -0.25) is 0 Å². The van der Waals surface area contributed by atoms with Gasteiger partial charge in [-0.1, -0.05) is 6.07 Å². The number of hydrogen-bond donors (Lipinski definition) is 1. The van der Waals surface area contributed by atoms with Crippen molar-refractivity contribution in [3.05, 3.63) is 29.6 Å². The van der Waals surface area contributed by atoms with Crippen LogP contribution >= 0.6 is 0 Å². The first-order valence-corrected chi connectivity index (χ1v) is 6.95. The van der Waals surface area contributed by atoms with Gasteiger partial charge in [0.15, 0.2) is 0 Å². The Bertz CT molecular complexity index is 478. The molecule has 1 aromatic rings. The van der Waals surface area contributed by atoms with E-state index < -0.39 is 0 Å². The molecule has 0 fully saturated rings. The summed E-state index contributed by atoms with van der Waals surface area (Å²) < 4.78 is 19.2. The molecule has 0 aromatic heterocycles. The number of nitrogens with two attached hydrogens (primary N) is 1. The molecule has 0 aliphatic heterocycles. The molecule has 0 bridgehead atoms. The summed E-state index contributed by atoms with van der Waals surface area (Å²) >= 11 is 0. The molecule has 0 unspecified atom stereocenters. The van der Waals surface area contributed by atoms with Gasteiger partial charge in [0.25, 0.3) is 0 Å². The number of nitrogens with zero attached hydrogens (tertiary/aromatic N) is 1. The van der Waals surface area contributed by atoms with Gasteiger partial charge in [-0.05, 0) is 46.1 Å². The van der Waals surface area contributed by atoms with Crippen molar-refractivity contribution >= 4 is 0 Å². The smallest absolute Gasteiger partial charge is 0.131 e. The first-order valence-electron chi connectivity index (χ1n) is 6.95. The van der Waals surface area contributed by atoms with Crippen LogP contribution in [0, 0.1) is 22.6 Å². The fraction of sp³-hybridized carbons (Fsp3) is 0.562.